The lowest BCUT2D eigenvalue weighted by Gasteiger charge is -2.38. The van der Waals surface area contributed by atoms with Crippen LogP contribution in [0.25, 0.3) is 5.52 Å². The average molecular weight is 452 g/mol. The van der Waals surface area contributed by atoms with E-state index in [9.17, 15) is 13.6 Å². The number of aryl methyl sites for hydroxylation is 1. The number of alkyl halides is 2. The van der Waals surface area contributed by atoms with Gasteiger partial charge in [-0.05, 0) is 43.4 Å². The summed E-state index contributed by atoms with van der Waals surface area (Å²) >= 11 is 0. The van der Waals surface area contributed by atoms with Gasteiger partial charge in [-0.2, -0.15) is 5.26 Å². The second-order valence-corrected chi connectivity index (χ2v) is 9.32. The second kappa shape index (κ2) is 8.29. The van der Waals surface area contributed by atoms with E-state index in [0.717, 1.165) is 43.4 Å². The van der Waals surface area contributed by atoms with Crippen molar-refractivity contribution in [3.8, 4) is 6.07 Å². The van der Waals surface area contributed by atoms with Crippen molar-refractivity contribution >= 4 is 11.3 Å². The van der Waals surface area contributed by atoms with Crippen LogP contribution in [0.1, 0.15) is 62.3 Å². The summed E-state index contributed by atoms with van der Waals surface area (Å²) in [6.45, 7) is 2.51. The number of hydrogen-bond acceptors (Lipinski definition) is 4. The molecule has 0 aliphatic carbocycles. The SMILES string of the molecule is CCCCc1cn(Cc2ccc(C#N)cc2)c(=O)c2cc(N3[C@@H]4CC[C@H]3CC(F)(F)C4)nn12. The summed E-state index contributed by atoms with van der Waals surface area (Å²) in [5.41, 5.74) is 2.75. The molecule has 0 saturated carbocycles. The number of piperidine rings is 1. The molecule has 0 radical (unpaired) electrons. The van der Waals surface area contributed by atoms with E-state index in [2.05, 4.69) is 13.0 Å². The van der Waals surface area contributed by atoms with Gasteiger partial charge in [0.2, 0.25) is 0 Å². The van der Waals surface area contributed by atoms with Crippen molar-refractivity contribution in [1.82, 2.24) is 14.2 Å². The van der Waals surface area contributed by atoms with Crippen LogP contribution in [0, 0.1) is 11.3 Å². The van der Waals surface area contributed by atoms with Gasteiger partial charge < -0.3 is 9.47 Å². The zero-order valence-electron chi connectivity index (χ0n) is 18.7. The number of benzene rings is 1. The molecule has 2 aliphatic rings. The second-order valence-electron chi connectivity index (χ2n) is 9.32. The molecular formula is C25H27F2N5O. The maximum atomic E-state index is 14.1. The van der Waals surface area contributed by atoms with Gasteiger partial charge in [-0.15, -0.1) is 5.10 Å². The first-order chi connectivity index (χ1) is 15.9. The van der Waals surface area contributed by atoms with Crippen molar-refractivity contribution in [1.29, 1.82) is 5.26 Å². The Morgan fingerprint density at radius 3 is 2.52 bits per heavy atom. The van der Waals surface area contributed by atoms with Gasteiger partial charge in [0.05, 0.1) is 23.9 Å². The van der Waals surface area contributed by atoms with Crippen LogP contribution in [-0.4, -0.2) is 32.2 Å². The van der Waals surface area contributed by atoms with Gasteiger partial charge >= 0.3 is 0 Å². The van der Waals surface area contributed by atoms with E-state index in [1.165, 1.54) is 0 Å². The molecule has 33 heavy (non-hydrogen) atoms. The lowest BCUT2D eigenvalue weighted by Crippen LogP contribution is -2.47. The molecule has 0 unspecified atom stereocenters. The fraction of sp³-hybridized carbons (Fsp3) is 0.480. The van der Waals surface area contributed by atoms with E-state index in [-0.39, 0.29) is 30.5 Å². The van der Waals surface area contributed by atoms with Gasteiger partial charge in [-0.3, -0.25) is 4.79 Å². The third-order valence-corrected chi connectivity index (χ3v) is 6.93. The maximum absolute atomic E-state index is 14.1. The summed E-state index contributed by atoms with van der Waals surface area (Å²) in [5, 5.41) is 13.8. The van der Waals surface area contributed by atoms with Gasteiger partial charge in [0.25, 0.3) is 11.5 Å². The van der Waals surface area contributed by atoms with Crippen molar-refractivity contribution < 1.29 is 8.78 Å². The van der Waals surface area contributed by atoms with Gasteiger partial charge in [-0.1, -0.05) is 25.5 Å². The highest BCUT2D eigenvalue weighted by molar-refractivity contribution is 5.58. The topological polar surface area (TPSA) is 66.3 Å². The maximum Gasteiger partial charge on any atom is 0.276 e. The van der Waals surface area contributed by atoms with Crippen LogP contribution in [0.5, 0.6) is 0 Å². The molecule has 172 valence electrons. The molecular weight excluding hydrogens is 424 g/mol. The number of hydrogen-bond donors (Lipinski definition) is 0. The number of fused-ring (bicyclic) bond motifs is 3. The fourth-order valence-electron chi connectivity index (χ4n) is 5.34. The van der Waals surface area contributed by atoms with Crippen molar-refractivity contribution in [2.75, 3.05) is 4.90 Å². The fourth-order valence-corrected chi connectivity index (χ4v) is 5.34. The van der Waals surface area contributed by atoms with Gasteiger partial charge in [0.15, 0.2) is 5.82 Å². The summed E-state index contributed by atoms with van der Waals surface area (Å²) < 4.78 is 31.6. The molecule has 2 aliphatic heterocycles. The standard InChI is InChI=1S/C25H27F2N5O/c1-2-3-4-21-16-30(15-18-7-5-17(14-28)6-8-18)24(33)22-11-23(29-32(21)22)31-19-9-10-20(31)13-25(26,27)12-19/h5-8,11,16,19-20H,2-4,9-10,12-13,15H2,1H3/t19-,20+. The summed E-state index contributed by atoms with van der Waals surface area (Å²) in [6.07, 6.45) is 5.77. The van der Waals surface area contributed by atoms with E-state index in [0.29, 0.717) is 23.4 Å². The average Bonchev–Trinajstić information content (AvgIpc) is 3.35. The van der Waals surface area contributed by atoms with Crippen LogP contribution in [-0.2, 0) is 13.0 Å². The largest absolute Gasteiger partial charge is 0.349 e. The zero-order valence-corrected chi connectivity index (χ0v) is 18.7. The smallest absolute Gasteiger partial charge is 0.276 e. The quantitative estimate of drug-likeness (QED) is 0.553. The number of rotatable bonds is 6. The minimum atomic E-state index is -2.62. The number of anilines is 1. The Kier molecular flexibility index (Phi) is 5.43. The predicted molar refractivity (Wildman–Crippen MR) is 122 cm³/mol. The Hall–Kier alpha value is -3.21. The molecule has 0 N–H and O–H groups in total. The van der Waals surface area contributed by atoms with Crippen molar-refractivity contribution in [2.24, 2.45) is 0 Å². The highest BCUT2D eigenvalue weighted by atomic mass is 19.3. The summed E-state index contributed by atoms with van der Waals surface area (Å²) in [4.78, 5) is 15.4. The van der Waals surface area contributed by atoms with Crippen LogP contribution in [0.4, 0.5) is 14.6 Å². The van der Waals surface area contributed by atoms with Crippen molar-refractivity contribution in [3.05, 3.63) is 63.7 Å². The molecule has 1 aromatic carbocycles. The molecule has 3 aromatic rings. The number of nitriles is 1. The first-order valence-corrected chi connectivity index (χ1v) is 11.7. The molecule has 4 heterocycles. The highest BCUT2D eigenvalue weighted by Crippen LogP contribution is 2.45. The first kappa shape index (κ1) is 21.6. The normalized spacial score (nSPS) is 21.5. The van der Waals surface area contributed by atoms with Crippen molar-refractivity contribution in [3.63, 3.8) is 0 Å². The lowest BCUT2D eigenvalue weighted by atomic mass is 9.99. The van der Waals surface area contributed by atoms with E-state index >= 15 is 0 Å². The Balaban J connectivity index is 1.54. The van der Waals surface area contributed by atoms with Crippen LogP contribution in [0.3, 0.4) is 0 Å². The Bertz CT molecular complexity index is 1250. The van der Waals surface area contributed by atoms with E-state index in [4.69, 9.17) is 10.4 Å². The molecule has 2 bridgehead atoms. The molecule has 2 atom stereocenters. The Labute approximate surface area is 191 Å². The van der Waals surface area contributed by atoms with Crippen LogP contribution >= 0.6 is 0 Å². The number of halogens is 2. The van der Waals surface area contributed by atoms with E-state index < -0.39 is 5.92 Å². The number of nitrogens with zero attached hydrogens (tertiary/aromatic N) is 5. The van der Waals surface area contributed by atoms with Crippen molar-refractivity contribution in [2.45, 2.75) is 76.4 Å². The molecule has 8 heteroatoms. The highest BCUT2D eigenvalue weighted by Gasteiger charge is 2.50. The number of unbranched alkanes of at least 4 members (excludes halogenated alkanes) is 1. The minimum Gasteiger partial charge on any atom is -0.349 e. The first-order valence-electron chi connectivity index (χ1n) is 11.7. The van der Waals surface area contributed by atoms with E-state index in [1.54, 1.807) is 27.3 Å². The Morgan fingerprint density at radius 1 is 1.18 bits per heavy atom. The molecule has 0 amide bonds. The number of aromatic nitrogens is 3. The molecule has 6 nitrogen and oxygen atoms in total. The van der Waals surface area contributed by atoms with Crippen LogP contribution in [0.2, 0.25) is 0 Å². The van der Waals surface area contributed by atoms with Gasteiger partial charge in [-0.25, -0.2) is 13.3 Å². The Morgan fingerprint density at radius 2 is 1.88 bits per heavy atom. The molecule has 2 saturated heterocycles. The third kappa shape index (κ3) is 4.01. The van der Waals surface area contributed by atoms with Gasteiger partial charge in [0.1, 0.15) is 5.52 Å². The van der Waals surface area contributed by atoms with Gasteiger partial charge in [0, 0.05) is 37.2 Å². The molecule has 2 fully saturated rings. The summed E-state index contributed by atoms with van der Waals surface area (Å²) in [6, 6.07) is 10.6. The monoisotopic (exact) mass is 451 g/mol. The molecule has 2 aromatic heterocycles. The molecule has 0 spiro atoms. The van der Waals surface area contributed by atoms with Crippen LogP contribution in [0.15, 0.2) is 41.3 Å². The summed E-state index contributed by atoms with van der Waals surface area (Å²) in [7, 11) is 0. The minimum absolute atomic E-state index is 0.150. The zero-order chi connectivity index (χ0) is 23.2. The molecule has 5 rings (SSSR count). The lowest BCUT2D eigenvalue weighted by molar-refractivity contribution is -0.0359. The van der Waals surface area contributed by atoms with Crippen LogP contribution < -0.4 is 10.5 Å². The van der Waals surface area contributed by atoms with E-state index in [1.807, 2.05) is 23.2 Å². The third-order valence-electron chi connectivity index (χ3n) is 6.93. The predicted octanol–water partition coefficient (Wildman–Crippen LogP) is 4.53. The summed E-state index contributed by atoms with van der Waals surface area (Å²) in [5.74, 6) is -1.99.